The van der Waals surface area contributed by atoms with Crippen LogP contribution in [0.1, 0.15) is 11.8 Å². The molecule has 0 aliphatic rings. The third-order valence-corrected chi connectivity index (χ3v) is 7.96. The number of nitrogens with zero attached hydrogens (tertiary/aromatic N) is 4. The minimum atomic E-state index is -3.57. The zero-order chi connectivity index (χ0) is 23.4. The van der Waals surface area contributed by atoms with E-state index in [9.17, 15) is 8.42 Å². The molecule has 3 aromatic heterocycles. The Kier molecular flexibility index (Phi) is 6.77. The van der Waals surface area contributed by atoms with E-state index < -0.39 is 10.0 Å². The Morgan fingerprint density at radius 2 is 1.91 bits per heavy atom. The van der Waals surface area contributed by atoms with Crippen molar-refractivity contribution in [2.24, 2.45) is 0 Å². The Morgan fingerprint density at radius 3 is 2.64 bits per heavy atom. The number of aryl methyl sites for hydroxylation is 1. The van der Waals surface area contributed by atoms with Gasteiger partial charge in [0.2, 0.25) is 15.9 Å². The van der Waals surface area contributed by atoms with E-state index in [2.05, 4.69) is 20.0 Å². The van der Waals surface area contributed by atoms with Gasteiger partial charge >= 0.3 is 0 Å². The standard InChI is InChI=1S/C21H23N5O5S2/c1-4-15-6-10-20(32-15)33(27,28)22-11-12-31-19-9-8-18-23-24-21(26(18)25-19)16-7-5-14(29-2)13-17(16)30-3/h5-10,13,22H,4,11-12H2,1-3H3. The van der Waals surface area contributed by atoms with Gasteiger partial charge in [0.05, 0.1) is 19.8 Å². The number of aromatic nitrogens is 4. The smallest absolute Gasteiger partial charge is 0.250 e. The Balaban J connectivity index is 1.47. The van der Waals surface area contributed by atoms with Crippen molar-refractivity contribution in [2.75, 3.05) is 27.4 Å². The molecule has 0 atom stereocenters. The van der Waals surface area contributed by atoms with E-state index in [1.54, 1.807) is 49.1 Å². The Hall–Kier alpha value is -3.22. The number of ether oxygens (including phenoxy) is 3. The fraction of sp³-hybridized carbons (Fsp3) is 0.286. The van der Waals surface area contributed by atoms with Crippen molar-refractivity contribution >= 4 is 27.0 Å². The second-order valence-electron chi connectivity index (χ2n) is 6.85. The van der Waals surface area contributed by atoms with E-state index in [0.717, 1.165) is 11.3 Å². The second-order valence-corrected chi connectivity index (χ2v) is 10.0. The summed E-state index contributed by atoms with van der Waals surface area (Å²) in [6.45, 7) is 2.19. The van der Waals surface area contributed by atoms with E-state index >= 15 is 0 Å². The Labute approximate surface area is 195 Å². The van der Waals surface area contributed by atoms with Gasteiger partial charge in [-0.2, -0.15) is 4.52 Å². The van der Waals surface area contributed by atoms with Gasteiger partial charge in [-0.25, -0.2) is 13.1 Å². The van der Waals surface area contributed by atoms with Crippen LogP contribution in [0.2, 0.25) is 0 Å². The van der Waals surface area contributed by atoms with Crippen LogP contribution < -0.4 is 18.9 Å². The molecule has 174 valence electrons. The van der Waals surface area contributed by atoms with Crippen molar-refractivity contribution in [2.45, 2.75) is 17.6 Å². The van der Waals surface area contributed by atoms with Crippen molar-refractivity contribution in [1.29, 1.82) is 0 Å². The topological polar surface area (TPSA) is 117 Å². The normalized spacial score (nSPS) is 11.6. The molecule has 0 fully saturated rings. The fourth-order valence-corrected chi connectivity index (χ4v) is 5.45. The molecule has 0 aliphatic carbocycles. The maximum absolute atomic E-state index is 12.4. The molecule has 4 aromatic rings. The molecule has 1 aromatic carbocycles. The molecule has 4 rings (SSSR count). The molecule has 33 heavy (non-hydrogen) atoms. The quantitative estimate of drug-likeness (QED) is 0.338. The highest BCUT2D eigenvalue weighted by Crippen LogP contribution is 2.32. The van der Waals surface area contributed by atoms with Crippen molar-refractivity contribution in [1.82, 2.24) is 24.5 Å². The highest BCUT2D eigenvalue weighted by atomic mass is 32.2. The van der Waals surface area contributed by atoms with E-state index in [-0.39, 0.29) is 13.2 Å². The van der Waals surface area contributed by atoms with E-state index in [4.69, 9.17) is 14.2 Å². The van der Waals surface area contributed by atoms with Crippen molar-refractivity contribution in [3.05, 3.63) is 47.3 Å². The maximum atomic E-state index is 12.4. The zero-order valence-electron chi connectivity index (χ0n) is 18.3. The summed E-state index contributed by atoms with van der Waals surface area (Å²) in [5.74, 6) is 1.99. The van der Waals surface area contributed by atoms with E-state index in [1.807, 2.05) is 19.1 Å². The van der Waals surface area contributed by atoms with Crippen LogP contribution in [0.4, 0.5) is 0 Å². The van der Waals surface area contributed by atoms with Crippen LogP contribution in [-0.2, 0) is 16.4 Å². The van der Waals surface area contributed by atoms with Gasteiger partial charge in [-0.15, -0.1) is 26.6 Å². The van der Waals surface area contributed by atoms with E-state index in [0.29, 0.717) is 38.6 Å². The summed E-state index contributed by atoms with van der Waals surface area (Å²) in [4.78, 5) is 1.02. The van der Waals surface area contributed by atoms with Crippen LogP contribution in [0.15, 0.2) is 46.7 Å². The summed E-state index contributed by atoms with van der Waals surface area (Å²) >= 11 is 1.26. The number of rotatable bonds is 10. The first-order valence-corrected chi connectivity index (χ1v) is 12.4. The first-order chi connectivity index (χ1) is 15.9. The lowest BCUT2D eigenvalue weighted by Crippen LogP contribution is -2.27. The van der Waals surface area contributed by atoms with Crippen LogP contribution in [-0.4, -0.2) is 55.6 Å². The molecule has 12 heteroatoms. The molecule has 1 N–H and O–H groups in total. The van der Waals surface area contributed by atoms with Crippen LogP contribution in [0, 0.1) is 0 Å². The monoisotopic (exact) mass is 489 g/mol. The summed E-state index contributed by atoms with van der Waals surface area (Å²) < 4.78 is 45.6. The van der Waals surface area contributed by atoms with Crippen LogP contribution in [0.3, 0.4) is 0 Å². The lowest BCUT2D eigenvalue weighted by atomic mass is 10.2. The molecule has 0 unspecified atom stereocenters. The summed E-state index contributed by atoms with van der Waals surface area (Å²) in [7, 11) is -0.429. The Bertz CT molecular complexity index is 1370. The average Bonchev–Trinajstić information content (AvgIpc) is 3.49. The number of sulfonamides is 1. The summed E-state index contributed by atoms with van der Waals surface area (Å²) in [5, 5.41) is 12.8. The van der Waals surface area contributed by atoms with Gasteiger partial charge in [0.25, 0.3) is 0 Å². The van der Waals surface area contributed by atoms with E-state index in [1.165, 1.54) is 11.3 Å². The second kappa shape index (κ2) is 9.73. The number of methoxy groups -OCH3 is 2. The Morgan fingerprint density at radius 1 is 1.06 bits per heavy atom. The van der Waals surface area contributed by atoms with Crippen LogP contribution in [0.25, 0.3) is 17.0 Å². The SMILES string of the molecule is CCc1ccc(S(=O)(=O)NCCOc2ccc3nnc(-c4ccc(OC)cc4OC)n3n2)s1. The van der Waals surface area contributed by atoms with Crippen molar-refractivity contribution in [3.63, 3.8) is 0 Å². The van der Waals surface area contributed by atoms with Gasteiger partial charge < -0.3 is 14.2 Å². The average molecular weight is 490 g/mol. The number of hydrogen-bond donors (Lipinski definition) is 1. The summed E-state index contributed by atoms with van der Waals surface area (Å²) in [6, 6.07) is 12.2. The fourth-order valence-electron chi connectivity index (χ4n) is 3.10. The maximum Gasteiger partial charge on any atom is 0.250 e. The first kappa shape index (κ1) is 23.0. The van der Waals surface area contributed by atoms with Gasteiger partial charge in [-0.05, 0) is 36.8 Å². The van der Waals surface area contributed by atoms with Crippen molar-refractivity contribution < 1.29 is 22.6 Å². The summed E-state index contributed by atoms with van der Waals surface area (Å²) in [6.07, 6.45) is 0.797. The molecule has 0 saturated carbocycles. The molecule has 0 aliphatic heterocycles. The number of hydrogen-bond acceptors (Lipinski definition) is 9. The highest BCUT2D eigenvalue weighted by Gasteiger charge is 2.17. The number of thiophene rings is 1. The van der Waals surface area contributed by atoms with Crippen molar-refractivity contribution in [3.8, 4) is 28.8 Å². The number of nitrogens with one attached hydrogen (secondary N) is 1. The lowest BCUT2D eigenvalue weighted by Gasteiger charge is -2.10. The van der Waals surface area contributed by atoms with Gasteiger partial charge in [0.1, 0.15) is 22.3 Å². The minimum absolute atomic E-state index is 0.0999. The highest BCUT2D eigenvalue weighted by molar-refractivity contribution is 7.91. The molecular formula is C21H23N5O5S2. The lowest BCUT2D eigenvalue weighted by molar-refractivity contribution is 0.306. The largest absolute Gasteiger partial charge is 0.497 e. The molecule has 0 radical (unpaired) electrons. The van der Waals surface area contributed by atoms with Crippen LogP contribution >= 0.6 is 11.3 Å². The number of benzene rings is 1. The predicted octanol–water partition coefficient (Wildman–Crippen LogP) is 2.79. The number of fused-ring (bicyclic) bond motifs is 1. The molecule has 3 heterocycles. The minimum Gasteiger partial charge on any atom is -0.497 e. The third-order valence-electron chi connectivity index (χ3n) is 4.78. The predicted molar refractivity (Wildman–Crippen MR) is 124 cm³/mol. The van der Waals surface area contributed by atoms with Crippen LogP contribution in [0.5, 0.6) is 17.4 Å². The zero-order valence-corrected chi connectivity index (χ0v) is 19.9. The summed E-state index contributed by atoms with van der Waals surface area (Å²) in [5.41, 5.74) is 1.21. The molecule has 0 bridgehead atoms. The van der Waals surface area contributed by atoms with Gasteiger partial charge in [0.15, 0.2) is 11.5 Å². The van der Waals surface area contributed by atoms with Gasteiger partial charge in [0, 0.05) is 23.6 Å². The third kappa shape index (κ3) is 4.92. The first-order valence-electron chi connectivity index (χ1n) is 10.1. The molecule has 0 amide bonds. The van der Waals surface area contributed by atoms with Gasteiger partial charge in [-0.3, -0.25) is 0 Å². The van der Waals surface area contributed by atoms with Gasteiger partial charge in [-0.1, -0.05) is 6.92 Å². The molecular weight excluding hydrogens is 466 g/mol. The molecule has 0 spiro atoms. The molecule has 0 saturated heterocycles. The molecule has 10 nitrogen and oxygen atoms in total.